The maximum atomic E-state index is 12.2. The number of aromatic amines is 1. The molecule has 108 valence electrons. The topological polar surface area (TPSA) is 83.8 Å². The number of halogens is 1. The predicted octanol–water partition coefficient (Wildman–Crippen LogP) is 2.49. The maximum absolute atomic E-state index is 12.2. The number of fused-ring (bicyclic) bond motifs is 1. The molecule has 0 spiro atoms. The Hall–Kier alpha value is -2.34. The summed E-state index contributed by atoms with van der Waals surface area (Å²) in [4.78, 5) is 16.2. The molecule has 2 aromatic heterocycles. The summed E-state index contributed by atoms with van der Waals surface area (Å²) in [6.45, 7) is 2.29. The van der Waals surface area contributed by atoms with E-state index in [1.807, 2.05) is 6.92 Å². The highest BCUT2D eigenvalue weighted by Crippen LogP contribution is 2.27. The number of carbonyl (C=O) groups excluding carboxylic acids is 1. The van der Waals surface area contributed by atoms with Crippen molar-refractivity contribution in [2.45, 2.75) is 13.3 Å². The fourth-order valence-electron chi connectivity index (χ4n) is 2.14. The lowest BCUT2D eigenvalue weighted by Crippen LogP contribution is -2.26. The summed E-state index contributed by atoms with van der Waals surface area (Å²) >= 11 is 5.96. The van der Waals surface area contributed by atoms with Crippen molar-refractivity contribution >= 4 is 28.5 Å². The van der Waals surface area contributed by atoms with E-state index in [9.17, 15) is 4.79 Å². The van der Waals surface area contributed by atoms with Gasteiger partial charge >= 0.3 is 0 Å². The second-order valence-electron chi connectivity index (χ2n) is 4.63. The number of aryl methyl sites for hydroxylation is 1. The molecule has 0 unspecified atom stereocenters. The van der Waals surface area contributed by atoms with Crippen molar-refractivity contribution in [3.63, 3.8) is 0 Å². The molecule has 0 aliphatic heterocycles. The van der Waals surface area contributed by atoms with Gasteiger partial charge in [-0.2, -0.15) is 5.10 Å². The number of rotatable bonds is 4. The molecular weight excluding hydrogens is 292 g/mol. The molecule has 0 saturated heterocycles. The summed E-state index contributed by atoms with van der Waals surface area (Å²) in [5, 5.41) is 10.8. The molecule has 3 rings (SSSR count). The molecule has 0 aliphatic rings. The molecule has 2 heterocycles. The van der Waals surface area contributed by atoms with Gasteiger partial charge in [-0.15, -0.1) is 0 Å². The monoisotopic (exact) mass is 304 g/mol. The third-order valence-corrected chi connectivity index (χ3v) is 3.45. The van der Waals surface area contributed by atoms with Gasteiger partial charge in [0.1, 0.15) is 17.7 Å². The zero-order chi connectivity index (χ0) is 14.8. The van der Waals surface area contributed by atoms with Gasteiger partial charge in [-0.1, -0.05) is 11.6 Å². The standard InChI is InChI=1S/C14H13ClN4O2/c1-8-10-6-9(15)2-3-11(10)21-13(8)14(20)16-5-4-12-17-7-18-19-12/h2-3,6-7H,4-5H2,1H3,(H,16,20)(H,17,18,19). The largest absolute Gasteiger partial charge is 0.451 e. The number of furan rings is 1. The lowest BCUT2D eigenvalue weighted by Gasteiger charge is -2.01. The fourth-order valence-corrected chi connectivity index (χ4v) is 2.31. The van der Waals surface area contributed by atoms with Crippen LogP contribution in [0.15, 0.2) is 28.9 Å². The van der Waals surface area contributed by atoms with Crippen LogP contribution < -0.4 is 5.32 Å². The van der Waals surface area contributed by atoms with E-state index < -0.39 is 0 Å². The van der Waals surface area contributed by atoms with Crippen LogP contribution in [0.2, 0.25) is 5.02 Å². The van der Waals surface area contributed by atoms with E-state index in [-0.39, 0.29) is 5.91 Å². The molecule has 0 radical (unpaired) electrons. The molecule has 0 atom stereocenters. The van der Waals surface area contributed by atoms with Crippen molar-refractivity contribution in [3.8, 4) is 0 Å². The van der Waals surface area contributed by atoms with Gasteiger partial charge < -0.3 is 9.73 Å². The highest BCUT2D eigenvalue weighted by Gasteiger charge is 2.17. The van der Waals surface area contributed by atoms with E-state index in [1.165, 1.54) is 6.33 Å². The number of amides is 1. The normalized spacial score (nSPS) is 11.0. The molecule has 0 aliphatic carbocycles. The van der Waals surface area contributed by atoms with Crippen LogP contribution in [-0.4, -0.2) is 27.6 Å². The van der Waals surface area contributed by atoms with Crippen LogP contribution in [-0.2, 0) is 6.42 Å². The van der Waals surface area contributed by atoms with Gasteiger partial charge in [0.15, 0.2) is 5.76 Å². The highest BCUT2D eigenvalue weighted by atomic mass is 35.5. The van der Waals surface area contributed by atoms with Gasteiger partial charge in [0.05, 0.1) is 0 Å². The Morgan fingerprint density at radius 3 is 3.10 bits per heavy atom. The number of aromatic nitrogens is 3. The van der Waals surface area contributed by atoms with E-state index in [2.05, 4.69) is 20.5 Å². The Morgan fingerprint density at radius 1 is 1.48 bits per heavy atom. The van der Waals surface area contributed by atoms with Gasteiger partial charge in [0.2, 0.25) is 0 Å². The SMILES string of the molecule is Cc1c(C(=O)NCCc2ncn[nH]2)oc2ccc(Cl)cc12. The number of nitrogens with one attached hydrogen (secondary N) is 2. The first-order valence-electron chi connectivity index (χ1n) is 6.46. The van der Waals surface area contributed by atoms with Crippen LogP contribution in [0.25, 0.3) is 11.0 Å². The van der Waals surface area contributed by atoms with Crippen LogP contribution >= 0.6 is 11.6 Å². The molecule has 21 heavy (non-hydrogen) atoms. The average molecular weight is 305 g/mol. The average Bonchev–Trinajstić information content (AvgIpc) is 3.08. The summed E-state index contributed by atoms with van der Waals surface area (Å²) in [6, 6.07) is 5.29. The first-order valence-corrected chi connectivity index (χ1v) is 6.84. The second-order valence-corrected chi connectivity index (χ2v) is 5.07. The number of hydrogen-bond acceptors (Lipinski definition) is 4. The Labute approximate surface area is 125 Å². The molecule has 1 amide bonds. The summed E-state index contributed by atoms with van der Waals surface area (Å²) in [6.07, 6.45) is 2.02. The van der Waals surface area contributed by atoms with Gasteiger partial charge in [-0.3, -0.25) is 9.89 Å². The smallest absolute Gasteiger partial charge is 0.287 e. The first kappa shape index (κ1) is 13.6. The minimum atomic E-state index is -0.251. The van der Waals surface area contributed by atoms with Gasteiger partial charge in [-0.25, -0.2) is 4.98 Å². The molecular formula is C14H13ClN4O2. The minimum Gasteiger partial charge on any atom is -0.451 e. The molecule has 2 N–H and O–H groups in total. The lowest BCUT2D eigenvalue weighted by atomic mass is 10.1. The van der Waals surface area contributed by atoms with Crippen LogP contribution in [0.5, 0.6) is 0 Å². The Morgan fingerprint density at radius 2 is 2.33 bits per heavy atom. The number of benzene rings is 1. The Bertz CT molecular complexity index is 780. The molecule has 6 nitrogen and oxygen atoms in total. The van der Waals surface area contributed by atoms with Crippen LogP contribution in [0.4, 0.5) is 0 Å². The molecule has 3 aromatic rings. The zero-order valence-electron chi connectivity index (χ0n) is 11.3. The van der Waals surface area contributed by atoms with Crippen molar-refractivity contribution in [1.29, 1.82) is 0 Å². The molecule has 1 aromatic carbocycles. The zero-order valence-corrected chi connectivity index (χ0v) is 12.1. The van der Waals surface area contributed by atoms with E-state index in [4.69, 9.17) is 16.0 Å². The van der Waals surface area contributed by atoms with Gasteiger partial charge in [-0.05, 0) is 25.1 Å². The molecule has 0 saturated carbocycles. The first-order chi connectivity index (χ1) is 10.1. The van der Waals surface area contributed by atoms with E-state index in [1.54, 1.807) is 18.2 Å². The van der Waals surface area contributed by atoms with Crippen molar-refractivity contribution in [1.82, 2.24) is 20.5 Å². The van der Waals surface area contributed by atoms with Crippen LogP contribution in [0, 0.1) is 6.92 Å². The molecule has 7 heteroatoms. The van der Waals surface area contributed by atoms with E-state index in [0.717, 1.165) is 16.8 Å². The van der Waals surface area contributed by atoms with E-state index >= 15 is 0 Å². The summed E-state index contributed by atoms with van der Waals surface area (Å²) < 4.78 is 5.60. The molecule has 0 bridgehead atoms. The second kappa shape index (κ2) is 5.57. The van der Waals surface area contributed by atoms with Crippen LogP contribution in [0.1, 0.15) is 21.9 Å². The number of carbonyl (C=O) groups is 1. The van der Waals surface area contributed by atoms with Crippen molar-refractivity contribution < 1.29 is 9.21 Å². The van der Waals surface area contributed by atoms with Crippen molar-refractivity contribution in [2.75, 3.05) is 6.54 Å². The Kier molecular flexibility index (Phi) is 3.62. The lowest BCUT2D eigenvalue weighted by molar-refractivity contribution is 0.0927. The third kappa shape index (κ3) is 2.75. The minimum absolute atomic E-state index is 0.251. The van der Waals surface area contributed by atoms with Crippen LogP contribution in [0.3, 0.4) is 0 Å². The predicted molar refractivity (Wildman–Crippen MR) is 78.4 cm³/mol. The van der Waals surface area contributed by atoms with Gasteiger partial charge in [0.25, 0.3) is 5.91 Å². The van der Waals surface area contributed by atoms with Crippen molar-refractivity contribution in [3.05, 3.63) is 46.7 Å². The third-order valence-electron chi connectivity index (χ3n) is 3.22. The number of H-pyrrole nitrogens is 1. The quantitative estimate of drug-likeness (QED) is 0.775. The summed E-state index contributed by atoms with van der Waals surface area (Å²) in [5.41, 5.74) is 1.43. The number of hydrogen-bond donors (Lipinski definition) is 2. The Balaban J connectivity index is 1.73. The summed E-state index contributed by atoms with van der Waals surface area (Å²) in [7, 11) is 0. The molecule has 0 fully saturated rings. The fraction of sp³-hybridized carbons (Fsp3) is 0.214. The van der Waals surface area contributed by atoms with Gasteiger partial charge in [0, 0.05) is 28.9 Å². The maximum Gasteiger partial charge on any atom is 0.287 e. The highest BCUT2D eigenvalue weighted by molar-refractivity contribution is 6.31. The summed E-state index contributed by atoms with van der Waals surface area (Å²) in [5.74, 6) is 0.785. The van der Waals surface area contributed by atoms with E-state index in [0.29, 0.717) is 29.3 Å². The number of nitrogens with zero attached hydrogens (tertiary/aromatic N) is 2. The van der Waals surface area contributed by atoms with Crippen molar-refractivity contribution in [2.24, 2.45) is 0 Å².